The summed E-state index contributed by atoms with van der Waals surface area (Å²) < 4.78 is 29.4. The van der Waals surface area contributed by atoms with Gasteiger partial charge in [-0.15, -0.1) is 10.2 Å². The van der Waals surface area contributed by atoms with E-state index in [2.05, 4.69) is 10.2 Å². The maximum Gasteiger partial charge on any atom is 0.272 e. The first-order valence-electron chi connectivity index (χ1n) is 4.02. The van der Waals surface area contributed by atoms with Crippen molar-refractivity contribution in [2.24, 2.45) is 0 Å². The number of anilines is 1. The summed E-state index contributed by atoms with van der Waals surface area (Å²) >= 11 is 0.842. The zero-order valence-corrected chi connectivity index (χ0v) is 10.0. The van der Waals surface area contributed by atoms with Crippen LogP contribution in [0.15, 0.2) is 4.34 Å². The van der Waals surface area contributed by atoms with E-state index < -0.39 is 10.0 Å². The molecule has 15 heavy (non-hydrogen) atoms. The lowest BCUT2D eigenvalue weighted by Gasteiger charge is -2.13. The summed E-state index contributed by atoms with van der Waals surface area (Å²) in [5.74, 6) is 0. The molecule has 0 spiro atoms. The van der Waals surface area contributed by atoms with Gasteiger partial charge in [0.15, 0.2) is 0 Å². The molecule has 0 aliphatic rings. The van der Waals surface area contributed by atoms with Gasteiger partial charge >= 0.3 is 0 Å². The van der Waals surface area contributed by atoms with Crippen molar-refractivity contribution in [3.8, 4) is 0 Å². The Kier molecular flexibility index (Phi) is 3.97. The molecule has 1 heterocycles. The van der Waals surface area contributed by atoms with Gasteiger partial charge in [-0.3, -0.25) is 0 Å². The predicted octanol–water partition coefficient (Wildman–Crippen LogP) is -0.613. The first-order valence-corrected chi connectivity index (χ1v) is 6.28. The van der Waals surface area contributed by atoms with E-state index >= 15 is 0 Å². The summed E-state index contributed by atoms with van der Waals surface area (Å²) in [7, 11) is -0.618. The number of hydrogen-bond donors (Lipinski definition) is 1. The highest BCUT2D eigenvalue weighted by Gasteiger charge is 2.24. The Hall–Kier alpha value is -0.770. The Morgan fingerprint density at radius 3 is 2.67 bits per heavy atom. The van der Waals surface area contributed by atoms with Gasteiger partial charge in [-0.05, 0) is 0 Å². The average Bonchev–Trinajstić information content (AvgIpc) is 2.61. The standard InChI is InChI=1S/C6H12N4O3S2/c1-10(3-4-13-2)15(11,12)6-9-8-5(7)14-6/h3-4H2,1-2H3,(H2,7,8). The molecule has 0 saturated heterocycles. The first kappa shape index (κ1) is 12.3. The highest BCUT2D eigenvalue weighted by Crippen LogP contribution is 2.19. The second-order valence-electron chi connectivity index (χ2n) is 2.73. The lowest BCUT2D eigenvalue weighted by molar-refractivity contribution is 0.185. The Morgan fingerprint density at radius 2 is 2.20 bits per heavy atom. The molecule has 1 aromatic rings. The van der Waals surface area contributed by atoms with Crippen LogP contribution in [0.5, 0.6) is 0 Å². The number of nitrogens with zero attached hydrogens (tertiary/aromatic N) is 3. The number of nitrogen functional groups attached to an aromatic ring is 1. The van der Waals surface area contributed by atoms with Crippen LogP contribution in [-0.2, 0) is 14.8 Å². The lowest BCUT2D eigenvalue weighted by atomic mass is 10.7. The third kappa shape index (κ3) is 2.84. The zero-order chi connectivity index (χ0) is 11.5. The number of rotatable bonds is 5. The summed E-state index contributed by atoms with van der Waals surface area (Å²) in [6.45, 7) is 0.586. The summed E-state index contributed by atoms with van der Waals surface area (Å²) in [4.78, 5) is 0. The second-order valence-corrected chi connectivity index (χ2v) is 5.95. The second kappa shape index (κ2) is 4.84. The predicted molar refractivity (Wildman–Crippen MR) is 56.0 cm³/mol. The van der Waals surface area contributed by atoms with E-state index in [1.54, 1.807) is 0 Å². The van der Waals surface area contributed by atoms with Crippen LogP contribution in [0.1, 0.15) is 0 Å². The summed E-state index contributed by atoms with van der Waals surface area (Å²) in [6.07, 6.45) is 0. The van der Waals surface area contributed by atoms with Crippen molar-refractivity contribution < 1.29 is 13.2 Å². The normalized spacial score (nSPS) is 12.2. The van der Waals surface area contributed by atoms with Gasteiger partial charge in [0.2, 0.25) is 9.47 Å². The zero-order valence-electron chi connectivity index (χ0n) is 8.37. The summed E-state index contributed by atoms with van der Waals surface area (Å²) in [5.41, 5.74) is 5.31. The molecule has 0 aromatic carbocycles. The fraction of sp³-hybridized carbons (Fsp3) is 0.667. The molecule has 0 bridgehead atoms. The van der Waals surface area contributed by atoms with Gasteiger partial charge in [-0.1, -0.05) is 11.3 Å². The molecular formula is C6H12N4O3S2. The van der Waals surface area contributed by atoms with E-state index in [1.165, 1.54) is 14.2 Å². The van der Waals surface area contributed by atoms with Gasteiger partial charge in [-0.25, -0.2) is 8.42 Å². The van der Waals surface area contributed by atoms with E-state index in [4.69, 9.17) is 10.5 Å². The van der Waals surface area contributed by atoms with Crippen molar-refractivity contribution in [2.75, 3.05) is 33.0 Å². The van der Waals surface area contributed by atoms with Crippen LogP contribution in [0.3, 0.4) is 0 Å². The number of likely N-dealkylation sites (N-methyl/N-ethyl adjacent to an activating group) is 1. The number of sulfonamides is 1. The molecule has 0 aliphatic heterocycles. The molecule has 0 aliphatic carbocycles. The molecule has 9 heteroatoms. The molecule has 0 atom stereocenters. The lowest BCUT2D eigenvalue weighted by Crippen LogP contribution is -2.30. The van der Waals surface area contributed by atoms with E-state index in [1.807, 2.05) is 0 Å². The third-order valence-electron chi connectivity index (χ3n) is 1.66. The van der Waals surface area contributed by atoms with Crippen molar-refractivity contribution in [1.82, 2.24) is 14.5 Å². The number of ether oxygens (including phenoxy) is 1. The van der Waals surface area contributed by atoms with E-state index in [0.717, 1.165) is 15.6 Å². The van der Waals surface area contributed by atoms with Crippen molar-refractivity contribution in [2.45, 2.75) is 4.34 Å². The van der Waals surface area contributed by atoms with Crippen LogP contribution in [0.25, 0.3) is 0 Å². The van der Waals surface area contributed by atoms with E-state index in [9.17, 15) is 8.42 Å². The Morgan fingerprint density at radius 1 is 1.53 bits per heavy atom. The SMILES string of the molecule is COCCN(C)S(=O)(=O)c1nnc(N)s1. The summed E-state index contributed by atoms with van der Waals surface area (Å²) in [6, 6.07) is 0. The molecule has 0 saturated carbocycles. The molecule has 86 valence electrons. The van der Waals surface area contributed by atoms with E-state index in [0.29, 0.717) is 6.61 Å². The molecular weight excluding hydrogens is 240 g/mol. The monoisotopic (exact) mass is 252 g/mol. The van der Waals surface area contributed by atoms with Crippen molar-refractivity contribution in [3.63, 3.8) is 0 Å². The molecule has 1 aromatic heterocycles. The molecule has 0 unspecified atom stereocenters. The Bertz CT molecular complexity index is 416. The summed E-state index contributed by atoms with van der Waals surface area (Å²) in [5, 5.41) is 7.08. The van der Waals surface area contributed by atoms with Gasteiger partial charge in [0.1, 0.15) is 0 Å². The number of nitrogens with two attached hydrogens (primary N) is 1. The van der Waals surface area contributed by atoms with Gasteiger partial charge in [-0.2, -0.15) is 4.31 Å². The smallest absolute Gasteiger partial charge is 0.272 e. The van der Waals surface area contributed by atoms with Gasteiger partial charge in [0, 0.05) is 20.7 Å². The van der Waals surface area contributed by atoms with Gasteiger partial charge in [0.05, 0.1) is 6.61 Å². The van der Waals surface area contributed by atoms with Crippen LogP contribution in [0.2, 0.25) is 0 Å². The fourth-order valence-corrected chi connectivity index (χ4v) is 2.92. The average molecular weight is 252 g/mol. The maximum atomic E-state index is 11.8. The highest BCUT2D eigenvalue weighted by molar-refractivity contribution is 7.91. The molecule has 0 amide bonds. The quantitative estimate of drug-likeness (QED) is 0.750. The Balaban J connectivity index is 2.83. The van der Waals surface area contributed by atoms with Crippen LogP contribution in [0.4, 0.5) is 5.13 Å². The molecule has 7 nitrogen and oxygen atoms in total. The van der Waals surface area contributed by atoms with E-state index in [-0.39, 0.29) is 16.0 Å². The minimum atomic E-state index is -3.57. The maximum absolute atomic E-state index is 11.8. The minimum Gasteiger partial charge on any atom is -0.383 e. The molecule has 1 rings (SSSR count). The largest absolute Gasteiger partial charge is 0.383 e. The Labute approximate surface area is 91.9 Å². The van der Waals surface area contributed by atoms with Crippen LogP contribution in [-0.4, -0.2) is 50.2 Å². The van der Waals surface area contributed by atoms with Crippen LogP contribution in [0, 0.1) is 0 Å². The van der Waals surface area contributed by atoms with Gasteiger partial charge in [0.25, 0.3) is 10.0 Å². The third-order valence-corrected chi connectivity index (χ3v) is 4.62. The number of hydrogen-bond acceptors (Lipinski definition) is 7. The molecule has 0 fully saturated rings. The van der Waals surface area contributed by atoms with Crippen LogP contribution < -0.4 is 5.73 Å². The number of aromatic nitrogens is 2. The molecule has 2 N–H and O–H groups in total. The number of methoxy groups -OCH3 is 1. The first-order chi connectivity index (χ1) is 6.98. The van der Waals surface area contributed by atoms with Crippen LogP contribution >= 0.6 is 11.3 Å². The van der Waals surface area contributed by atoms with Crippen molar-refractivity contribution >= 4 is 26.5 Å². The topological polar surface area (TPSA) is 98.4 Å². The molecule has 0 radical (unpaired) electrons. The minimum absolute atomic E-state index is 0.0985. The fourth-order valence-electron chi connectivity index (χ4n) is 0.798. The highest BCUT2D eigenvalue weighted by atomic mass is 32.2. The van der Waals surface area contributed by atoms with Gasteiger partial charge < -0.3 is 10.5 Å². The van der Waals surface area contributed by atoms with Crippen molar-refractivity contribution in [1.29, 1.82) is 0 Å². The van der Waals surface area contributed by atoms with Crippen molar-refractivity contribution in [3.05, 3.63) is 0 Å².